The highest BCUT2D eigenvalue weighted by molar-refractivity contribution is 7.16. The molecule has 0 radical (unpaired) electrons. The van der Waals surface area contributed by atoms with Gasteiger partial charge in [0.15, 0.2) is 0 Å². The summed E-state index contributed by atoms with van der Waals surface area (Å²) in [5, 5.41) is 0. The van der Waals surface area contributed by atoms with Gasteiger partial charge in [-0.1, -0.05) is 97.1 Å². The number of methoxy groups -OCH3 is 2. The maximum atomic E-state index is 5.28. The molecule has 0 atom stereocenters. The van der Waals surface area contributed by atoms with Crippen molar-refractivity contribution in [1.82, 2.24) is 0 Å². The Kier molecular flexibility index (Phi) is 9.79. The molecular formula is C45H40O2S2. The molecule has 7 rings (SSSR count). The van der Waals surface area contributed by atoms with Gasteiger partial charge in [-0.2, -0.15) is 0 Å². The van der Waals surface area contributed by atoms with E-state index >= 15 is 0 Å². The largest absolute Gasteiger partial charge is 0.497 e. The van der Waals surface area contributed by atoms with E-state index in [9.17, 15) is 0 Å². The maximum absolute atomic E-state index is 5.28. The van der Waals surface area contributed by atoms with Gasteiger partial charge in [-0.05, 0) is 125 Å². The average molecular weight is 677 g/mol. The van der Waals surface area contributed by atoms with E-state index in [1.54, 1.807) is 14.2 Å². The lowest BCUT2D eigenvalue weighted by atomic mass is 9.96. The Bertz CT molecular complexity index is 1980. The first kappa shape index (κ1) is 32.6. The van der Waals surface area contributed by atoms with Crippen LogP contribution >= 0.6 is 22.7 Å². The summed E-state index contributed by atoms with van der Waals surface area (Å²) in [5.74, 6) is 1.75. The first-order valence-electron chi connectivity index (χ1n) is 16.8. The molecule has 0 saturated heterocycles. The van der Waals surface area contributed by atoms with E-state index in [-0.39, 0.29) is 0 Å². The van der Waals surface area contributed by atoms with Crippen molar-refractivity contribution >= 4 is 58.1 Å². The smallest absolute Gasteiger partial charge is 0.118 e. The molecule has 0 N–H and O–H groups in total. The lowest BCUT2D eigenvalue weighted by molar-refractivity contribution is 0.414. The first-order valence-corrected chi connectivity index (χ1v) is 18.4. The summed E-state index contributed by atoms with van der Waals surface area (Å²) in [7, 11) is 3.39. The van der Waals surface area contributed by atoms with Gasteiger partial charge in [-0.3, -0.25) is 0 Å². The van der Waals surface area contributed by atoms with Crippen LogP contribution in [0.4, 0.5) is 0 Å². The highest BCUT2D eigenvalue weighted by Gasteiger charge is 2.23. The highest BCUT2D eigenvalue weighted by atomic mass is 32.1. The normalized spacial score (nSPS) is 13.2. The van der Waals surface area contributed by atoms with Crippen LogP contribution in [0, 0.1) is 13.8 Å². The molecule has 0 fully saturated rings. The molecular weight excluding hydrogens is 637 g/mol. The number of hydrogen-bond acceptors (Lipinski definition) is 4. The molecule has 2 nitrogen and oxygen atoms in total. The second kappa shape index (κ2) is 14.7. The molecule has 2 heterocycles. The molecule has 0 bridgehead atoms. The fourth-order valence-electron chi connectivity index (χ4n) is 6.52. The summed E-state index contributed by atoms with van der Waals surface area (Å²) in [6.07, 6.45) is 12.1. The number of ether oxygens (including phenoxy) is 2. The van der Waals surface area contributed by atoms with Gasteiger partial charge in [-0.15, -0.1) is 22.7 Å². The molecule has 1 aliphatic carbocycles. The van der Waals surface area contributed by atoms with Crippen LogP contribution in [-0.2, 0) is 0 Å². The van der Waals surface area contributed by atoms with E-state index in [1.807, 2.05) is 46.9 Å². The quantitative estimate of drug-likeness (QED) is 0.134. The van der Waals surface area contributed by atoms with Gasteiger partial charge in [0, 0.05) is 19.5 Å². The third kappa shape index (κ3) is 7.41. The summed E-state index contributed by atoms with van der Waals surface area (Å²) < 4.78 is 10.6. The number of benzene rings is 4. The zero-order valence-corrected chi connectivity index (χ0v) is 30.1. The molecule has 0 spiro atoms. The zero-order valence-electron chi connectivity index (χ0n) is 28.5. The Morgan fingerprint density at radius 2 is 0.796 bits per heavy atom. The predicted octanol–water partition coefficient (Wildman–Crippen LogP) is 13.2. The maximum Gasteiger partial charge on any atom is 0.118 e. The number of aryl methyl sites for hydroxylation is 2. The average Bonchev–Trinajstić information content (AvgIpc) is 3.88. The van der Waals surface area contributed by atoms with Gasteiger partial charge in [0.05, 0.1) is 14.2 Å². The lowest BCUT2D eigenvalue weighted by Crippen LogP contribution is -1.86. The summed E-state index contributed by atoms with van der Waals surface area (Å²) >= 11 is 3.82. The SMILES string of the molecule is COc1ccc(/C=C/c2ccc(-c3cc(C4=C(c5cc(-c6ccc(/C=C/c7ccc(OC)cc7)cc6)sc5C)CCC4)c(C)s3)cc2)cc1. The van der Waals surface area contributed by atoms with Crippen LogP contribution in [0.1, 0.15) is 62.4 Å². The van der Waals surface area contributed by atoms with Crippen molar-refractivity contribution in [3.63, 3.8) is 0 Å². The van der Waals surface area contributed by atoms with Crippen LogP contribution in [0.2, 0.25) is 0 Å². The van der Waals surface area contributed by atoms with Crippen LogP contribution < -0.4 is 9.47 Å². The minimum absolute atomic E-state index is 0.875. The van der Waals surface area contributed by atoms with Gasteiger partial charge in [0.2, 0.25) is 0 Å². The van der Waals surface area contributed by atoms with Crippen molar-refractivity contribution in [2.45, 2.75) is 33.1 Å². The van der Waals surface area contributed by atoms with Gasteiger partial charge < -0.3 is 9.47 Å². The molecule has 1 aliphatic rings. The van der Waals surface area contributed by atoms with Crippen molar-refractivity contribution in [2.75, 3.05) is 14.2 Å². The van der Waals surface area contributed by atoms with E-state index in [4.69, 9.17) is 9.47 Å². The fourth-order valence-corrected chi connectivity index (χ4v) is 8.62. The number of allylic oxidation sites excluding steroid dienone is 2. The summed E-state index contributed by atoms with van der Waals surface area (Å²) in [6.45, 7) is 4.57. The van der Waals surface area contributed by atoms with Gasteiger partial charge in [0.25, 0.3) is 0 Å². The van der Waals surface area contributed by atoms with Crippen molar-refractivity contribution in [3.05, 3.63) is 152 Å². The van der Waals surface area contributed by atoms with Crippen molar-refractivity contribution in [2.24, 2.45) is 0 Å². The fraction of sp³-hybridized carbons (Fsp3) is 0.156. The van der Waals surface area contributed by atoms with Crippen LogP contribution in [0.15, 0.2) is 109 Å². The lowest BCUT2D eigenvalue weighted by Gasteiger charge is -2.07. The highest BCUT2D eigenvalue weighted by Crippen LogP contribution is 2.47. The van der Waals surface area contributed by atoms with Crippen molar-refractivity contribution in [1.29, 1.82) is 0 Å². The Morgan fingerprint density at radius 3 is 1.12 bits per heavy atom. The molecule has 244 valence electrons. The van der Waals surface area contributed by atoms with E-state index in [2.05, 4.69) is 123 Å². The predicted molar refractivity (Wildman–Crippen MR) is 213 cm³/mol. The van der Waals surface area contributed by atoms with Crippen LogP contribution in [0.25, 0.3) is 56.3 Å². The molecule has 0 unspecified atom stereocenters. The summed E-state index contributed by atoms with van der Waals surface area (Å²) in [6, 6.07) is 39.0. The van der Waals surface area contributed by atoms with E-state index in [1.165, 1.54) is 70.5 Å². The van der Waals surface area contributed by atoms with Crippen molar-refractivity contribution in [3.8, 4) is 32.4 Å². The van der Waals surface area contributed by atoms with E-state index in [0.29, 0.717) is 0 Å². The molecule has 2 aromatic heterocycles. The van der Waals surface area contributed by atoms with E-state index in [0.717, 1.165) is 35.5 Å². The minimum atomic E-state index is 0.875. The zero-order chi connectivity index (χ0) is 33.7. The number of thiophene rings is 2. The van der Waals surface area contributed by atoms with Gasteiger partial charge in [0.1, 0.15) is 11.5 Å². The third-order valence-electron chi connectivity index (χ3n) is 9.26. The van der Waals surface area contributed by atoms with E-state index < -0.39 is 0 Å². The minimum Gasteiger partial charge on any atom is -0.497 e. The molecule has 4 aromatic carbocycles. The van der Waals surface area contributed by atoms with Crippen molar-refractivity contribution < 1.29 is 9.47 Å². The number of rotatable bonds is 10. The topological polar surface area (TPSA) is 18.5 Å². The second-order valence-corrected chi connectivity index (χ2v) is 14.9. The molecule has 4 heteroatoms. The molecule has 49 heavy (non-hydrogen) atoms. The standard InChI is InChI=1S/C45H40O2S2/c1-30-42(28-44(48-30)36-20-12-32(13-21-36)8-10-34-16-24-38(46-3)25-17-34)40-6-5-7-41(40)43-29-45(49-31(43)2)37-22-14-33(15-23-37)9-11-35-18-26-39(47-4)27-19-35/h8-29H,5-7H2,1-4H3/b10-8+,11-9+. The Morgan fingerprint density at radius 1 is 0.469 bits per heavy atom. The molecule has 0 saturated carbocycles. The van der Waals surface area contributed by atoms with Gasteiger partial charge in [-0.25, -0.2) is 0 Å². The Labute approximate surface area is 298 Å². The monoisotopic (exact) mass is 676 g/mol. The van der Waals surface area contributed by atoms with Crippen LogP contribution in [0.5, 0.6) is 11.5 Å². The third-order valence-corrected chi connectivity index (χ3v) is 11.5. The Hall–Kier alpha value is -4.90. The van der Waals surface area contributed by atoms with Gasteiger partial charge >= 0.3 is 0 Å². The first-order chi connectivity index (χ1) is 24.0. The molecule has 0 aliphatic heterocycles. The Balaban J connectivity index is 1.08. The molecule has 6 aromatic rings. The number of hydrogen-bond donors (Lipinski definition) is 0. The summed E-state index contributed by atoms with van der Waals surface area (Å²) in [5.41, 5.74) is 13.2. The van der Waals surface area contributed by atoms with Crippen LogP contribution in [0.3, 0.4) is 0 Å². The van der Waals surface area contributed by atoms with Crippen LogP contribution in [-0.4, -0.2) is 14.2 Å². The summed E-state index contributed by atoms with van der Waals surface area (Å²) in [4.78, 5) is 5.47. The second-order valence-electron chi connectivity index (χ2n) is 12.4. The molecule has 0 amide bonds.